The zero-order chi connectivity index (χ0) is 20.8. The molecule has 2 aromatic carbocycles. The van der Waals surface area contributed by atoms with Crippen molar-refractivity contribution in [3.05, 3.63) is 54.3 Å². The number of benzene rings is 2. The van der Waals surface area contributed by atoms with Crippen LogP contribution in [-0.2, 0) is 4.79 Å². The lowest BCUT2D eigenvalue weighted by Crippen LogP contribution is -2.43. The van der Waals surface area contributed by atoms with Gasteiger partial charge < -0.3 is 20.3 Å². The summed E-state index contributed by atoms with van der Waals surface area (Å²) in [5.41, 5.74) is 1.30. The van der Waals surface area contributed by atoms with Crippen LogP contribution in [0.15, 0.2) is 48.5 Å². The minimum Gasteiger partial charge on any atom is -0.497 e. The molecule has 3 amide bonds. The number of hydrogen-bond acceptors (Lipinski definition) is 3. The molecule has 1 atom stereocenters. The van der Waals surface area contributed by atoms with Gasteiger partial charge in [-0.1, -0.05) is 6.92 Å². The van der Waals surface area contributed by atoms with E-state index in [2.05, 4.69) is 10.6 Å². The maximum atomic E-state index is 13.0. The Hall–Kier alpha value is -3.09. The van der Waals surface area contributed by atoms with Gasteiger partial charge in [-0.3, -0.25) is 4.79 Å². The van der Waals surface area contributed by atoms with Gasteiger partial charge in [0, 0.05) is 30.4 Å². The second kappa shape index (κ2) is 9.41. The molecule has 1 aliphatic heterocycles. The SMILES string of the molecule is COc1ccc(NC(=O)C(C)C2CCN(C(=O)Nc3ccc(F)cc3)CC2)cc1. The highest BCUT2D eigenvalue weighted by atomic mass is 19.1. The molecule has 0 bridgehead atoms. The van der Waals surface area contributed by atoms with Crippen molar-refractivity contribution in [2.75, 3.05) is 30.8 Å². The fourth-order valence-corrected chi connectivity index (χ4v) is 3.48. The van der Waals surface area contributed by atoms with Gasteiger partial charge in [-0.15, -0.1) is 0 Å². The van der Waals surface area contributed by atoms with Crippen molar-refractivity contribution in [1.82, 2.24) is 4.90 Å². The molecule has 3 rings (SSSR count). The molecule has 6 nitrogen and oxygen atoms in total. The van der Waals surface area contributed by atoms with Gasteiger partial charge in [-0.25, -0.2) is 9.18 Å². The number of likely N-dealkylation sites (tertiary alicyclic amines) is 1. The van der Waals surface area contributed by atoms with Crippen molar-refractivity contribution in [3.8, 4) is 5.75 Å². The van der Waals surface area contributed by atoms with Crippen LogP contribution >= 0.6 is 0 Å². The molecule has 0 aromatic heterocycles. The van der Waals surface area contributed by atoms with E-state index in [0.717, 1.165) is 24.3 Å². The first-order valence-electron chi connectivity index (χ1n) is 9.72. The summed E-state index contributed by atoms with van der Waals surface area (Å²) in [6.45, 7) is 3.09. The van der Waals surface area contributed by atoms with Gasteiger partial charge in [0.2, 0.25) is 5.91 Å². The van der Waals surface area contributed by atoms with Crippen molar-refractivity contribution in [2.24, 2.45) is 11.8 Å². The molecule has 7 heteroatoms. The summed E-state index contributed by atoms with van der Waals surface area (Å²) in [6.07, 6.45) is 1.52. The van der Waals surface area contributed by atoms with E-state index in [-0.39, 0.29) is 29.6 Å². The highest BCUT2D eigenvalue weighted by Gasteiger charge is 2.30. The summed E-state index contributed by atoms with van der Waals surface area (Å²) in [6, 6.07) is 12.7. The minimum atomic E-state index is -0.342. The summed E-state index contributed by atoms with van der Waals surface area (Å²) in [5, 5.41) is 5.72. The van der Waals surface area contributed by atoms with Gasteiger partial charge in [0.15, 0.2) is 0 Å². The molecule has 154 valence electrons. The molecule has 1 fully saturated rings. The van der Waals surface area contributed by atoms with Crippen molar-refractivity contribution in [2.45, 2.75) is 19.8 Å². The number of carbonyl (C=O) groups excluding carboxylic acids is 2. The van der Waals surface area contributed by atoms with Crippen LogP contribution in [0.4, 0.5) is 20.6 Å². The van der Waals surface area contributed by atoms with Crippen molar-refractivity contribution < 1.29 is 18.7 Å². The summed E-state index contributed by atoms with van der Waals surface area (Å²) >= 11 is 0. The van der Waals surface area contributed by atoms with E-state index < -0.39 is 0 Å². The summed E-state index contributed by atoms with van der Waals surface area (Å²) < 4.78 is 18.1. The Kier molecular flexibility index (Phi) is 6.69. The van der Waals surface area contributed by atoms with Gasteiger partial charge in [0.05, 0.1) is 7.11 Å². The lowest BCUT2D eigenvalue weighted by atomic mass is 9.85. The van der Waals surface area contributed by atoms with Crippen LogP contribution in [0.25, 0.3) is 0 Å². The second-order valence-electron chi connectivity index (χ2n) is 7.27. The predicted molar refractivity (Wildman–Crippen MR) is 111 cm³/mol. The molecule has 1 unspecified atom stereocenters. The zero-order valence-electron chi connectivity index (χ0n) is 16.7. The Labute approximate surface area is 170 Å². The lowest BCUT2D eigenvalue weighted by Gasteiger charge is -2.34. The third-order valence-electron chi connectivity index (χ3n) is 5.40. The molecule has 2 N–H and O–H groups in total. The number of hydrogen-bond donors (Lipinski definition) is 2. The van der Waals surface area contributed by atoms with Gasteiger partial charge in [0.25, 0.3) is 0 Å². The van der Waals surface area contributed by atoms with Gasteiger partial charge in [0.1, 0.15) is 11.6 Å². The molecule has 0 spiro atoms. The standard InChI is InChI=1S/C22H26FN3O3/c1-15(21(27)24-18-7-9-20(29-2)10-8-18)16-11-13-26(14-12-16)22(28)25-19-5-3-17(23)4-6-19/h3-10,15-16H,11-14H2,1-2H3,(H,24,27)(H,25,28). The first kappa shape index (κ1) is 20.6. The summed E-state index contributed by atoms with van der Waals surface area (Å²) in [4.78, 5) is 26.7. The van der Waals surface area contributed by atoms with Crippen LogP contribution in [0, 0.1) is 17.7 Å². The number of ether oxygens (including phenoxy) is 1. The molecular weight excluding hydrogens is 373 g/mol. The number of halogens is 1. The number of nitrogens with zero attached hydrogens (tertiary/aromatic N) is 1. The Morgan fingerprint density at radius 1 is 1.00 bits per heavy atom. The normalized spacial score (nSPS) is 15.5. The average Bonchev–Trinajstić information content (AvgIpc) is 2.75. The van der Waals surface area contributed by atoms with Gasteiger partial charge in [-0.2, -0.15) is 0 Å². The minimum absolute atomic E-state index is 0.0237. The molecule has 0 radical (unpaired) electrons. The van der Waals surface area contributed by atoms with E-state index in [1.165, 1.54) is 24.3 Å². The van der Waals surface area contributed by atoms with Crippen molar-refractivity contribution in [1.29, 1.82) is 0 Å². The Bertz CT molecular complexity index is 831. The molecule has 29 heavy (non-hydrogen) atoms. The number of rotatable bonds is 5. The Morgan fingerprint density at radius 2 is 1.55 bits per heavy atom. The molecular formula is C22H26FN3O3. The number of carbonyl (C=O) groups is 2. The molecule has 2 aromatic rings. The van der Waals surface area contributed by atoms with Crippen LogP contribution in [0.2, 0.25) is 0 Å². The van der Waals surface area contributed by atoms with Crippen LogP contribution in [0.1, 0.15) is 19.8 Å². The van der Waals surface area contributed by atoms with E-state index in [4.69, 9.17) is 4.74 Å². The Morgan fingerprint density at radius 3 is 2.14 bits per heavy atom. The predicted octanol–water partition coefficient (Wildman–Crippen LogP) is 4.35. The molecule has 0 saturated carbocycles. The monoisotopic (exact) mass is 399 g/mol. The number of urea groups is 1. The van der Waals surface area contributed by atoms with E-state index in [1.807, 2.05) is 19.1 Å². The molecule has 1 saturated heterocycles. The largest absolute Gasteiger partial charge is 0.497 e. The van der Waals surface area contributed by atoms with Crippen LogP contribution in [0.3, 0.4) is 0 Å². The van der Waals surface area contributed by atoms with Crippen LogP contribution in [0.5, 0.6) is 5.75 Å². The summed E-state index contributed by atoms with van der Waals surface area (Å²) in [5.74, 6) is 0.431. The molecule has 0 aliphatic carbocycles. The third kappa shape index (κ3) is 5.47. The number of amides is 3. The van der Waals surface area contributed by atoms with Crippen LogP contribution in [-0.4, -0.2) is 37.0 Å². The number of anilines is 2. The van der Waals surface area contributed by atoms with Gasteiger partial charge in [-0.05, 0) is 67.3 Å². The fraction of sp³-hybridized carbons (Fsp3) is 0.364. The number of piperidine rings is 1. The Balaban J connectivity index is 1.47. The zero-order valence-corrected chi connectivity index (χ0v) is 16.7. The van der Waals surface area contributed by atoms with Crippen molar-refractivity contribution >= 4 is 23.3 Å². The smallest absolute Gasteiger partial charge is 0.321 e. The first-order valence-corrected chi connectivity index (χ1v) is 9.72. The van der Waals surface area contributed by atoms with E-state index in [0.29, 0.717) is 18.8 Å². The highest BCUT2D eigenvalue weighted by molar-refractivity contribution is 5.92. The van der Waals surface area contributed by atoms with Gasteiger partial charge >= 0.3 is 6.03 Å². The van der Waals surface area contributed by atoms with Crippen molar-refractivity contribution in [3.63, 3.8) is 0 Å². The maximum Gasteiger partial charge on any atom is 0.321 e. The lowest BCUT2D eigenvalue weighted by molar-refractivity contribution is -0.121. The quantitative estimate of drug-likeness (QED) is 0.785. The maximum absolute atomic E-state index is 13.0. The van der Waals surface area contributed by atoms with E-state index in [9.17, 15) is 14.0 Å². The van der Waals surface area contributed by atoms with Crippen LogP contribution < -0.4 is 15.4 Å². The highest BCUT2D eigenvalue weighted by Crippen LogP contribution is 2.27. The number of nitrogens with one attached hydrogen (secondary N) is 2. The van der Waals surface area contributed by atoms with E-state index >= 15 is 0 Å². The summed E-state index contributed by atoms with van der Waals surface area (Å²) in [7, 11) is 1.60. The topological polar surface area (TPSA) is 70.7 Å². The fourth-order valence-electron chi connectivity index (χ4n) is 3.48. The molecule has 1 heterocycles. The first-order chi connectivity index (χ1) is 14.0. The second-order valence-corrected chi connectivity index (χ2v) is 7.27. The third-order valence-corrected chi connectivity index (χ3v) is 5.40. The average molecular weight is 399 g/mol. The van der Waals surface area contributed by atoms with E-state index in [1.54, 1.807) is 24.1 Å². The molecule has 1 aliphatic rings. The number of methoxy groups -OCH3 is 1.